The summed E-state index contributed by atoms with van der Waals surface area (Å²) in [5, 5.41) is 54.0. The van der Waals surface area contributed by atoms with Gasteiger partial charge in [0, 0.05) is 13.0 Å². The van der Waals surface area contributed by atoms with Crippen LogP contribution in [0, 0.1) is 5.92 Å². The summed E-state index contributed by atoms with van der Waals surface area (Å²) in [7, 11) is -3.98. The minimum absolute atomic E-state index is 0.663. The third kappa shape index (κ3) is 6.02. The fraction of sp³-hybridized carbons (Fsp3) is 1.00. The Bertz CT molecular complexity index is 629. The van der Waals surface area contributed by atoms with Crippen molar-refractivity contribution in [2.24, 2.45) is 5.92 Å². The lowest BCUT2D eigenvalue weighted by molar-refractivity contribution is -0.807. The molecule has 2 rings (SSSR count). The number of hydrogen-bond donors (Lipinski definition) is 4. The molecule has 0 aromatic carbocycles. The van der Waals surface area contributed by atoms with Crippen LogP contribution in [-0.4, -0.2) is 109 Å². The van der Waals surface area contributed by atoms with Crippen LogP contribution in [0.5, 0.6) is 0 Å². The van der Waals surface area contributed by atoms with E-state index in [2.05, 4.69) is 14.1 Å². The van der Waals surface area contributed by atoms with Crippen molar-refractivity contribution in [2.45, 2.75) is 62.2 Å². The van der Waals surface area contributed by atoms with Crippen molar-refractivity contribution in [3.63, 3.8) is 0 Å². The number of aliphatic hydroxyl groups excluding tert-OH is 4. The molecule has 0 aromatic heterocycles. The van der Waals surface area contributed by atoms with Crippen LogP contribution in [-0.2, 0) is 43.5 Å². The molecule has 30 heavy (non-hydrogen) atoms. The summed E-state index contributed by atoms with van der Waals surface area (Å²) in [5.41, 5.74) is 0. The van der Waals surface area contributed by atoms with Gasteiger partial charge < -0.3 is 49.2 Å². The van der Waals surface area contributed by atoms with Crippen LogP contribution in [0.4, 0.5) is 0 Å². The fourth-order valence-corrected chi connectivity index (χ4v) is 3.57. The Labute approximate surface area is 171 Å². The molecule has 0 bridgehead atoms. The molecule has 4 unspecified atom stereocenters. The molecule has 10 atom stereocenters. The molecule has 2 saturated heterocycles. The van der Waals surface area contributed by atoms with Gasteiger partial charge in [0.15, 0.2) is 12.6 Å². The first-order chi connectivity index (χ1) is 14.0. The van der Waals surface area contributed by atoms with Gasteiger partial charge in [-0.15, -0.1) is 0 Å². The second kappa shape index (κ2) is 10.8. The predicted molar refractivity (Wildman–Crippen MR) is 85.1 cm³/mol. The van der Waals surface area contributed by atoms with Gasteiger partial charge in [-0.05, 0) is 0 Å². The third-order valence-electron chi connectivity index (χ3n) is 4.88. The molecule has 0 radical (unpaired) electrons. The van der Waals surface area contributed by atoms with E-state index in [-0.39, 0.29) is 0 Å². The van der Waals surface area contributed by atoms with Crippen molar-refractivity contribution in [1.29, 1.82) is 0 Å². The Morgan fingerprint density at radius 3 is 2.17 bits per heavy atom. The second-order valence-electron chi connectivity index (χ2n) is 6.76. The Morgan fingerprint density at radius 2 is 1.63 bits per heavy atom. The Hall–Kier alpha value is -0.570. The molecule has 0 saturated carbocycles. The highest BCUT2D eigenvalue weighted by Crippen LogP contribution is 2.32. The molecule has 4 N–H and O–H groups in total. The standard InChI is InChI=1S/C14H26O15S/c1-5-8(16)14(25-6(3-15)11(5)28-29-19)27-12-7(4-24-30(20,21)22)26-13(23-2)10(18)9(12)17/h5-19H,3-4H2,1-2H3,(H,20,21,22)/p-2/t5-,6?,7?,8?,9-,10?,11-,12+,13+,14+/m1/s1. The zero-order valence-electron chi connectivity index (χ0n) is 15.9. The molecular formula is C14H24O15S-2. The van der Waals surface area contributed by atoms with Gasteiger partial charge >= 0.3 is 0 Å². The largest absolute Gasteiger partial charge is 0.726 e. The van der Waals surface area contributed by atoms with E-state index in [1.165, 1.54) is 6.92 Å². The van der Waals surface area contributed by atoms with Crippen molar-refractivity contribution in [2.75, 3.05) is 20.3 Å². The quantitative estimate of drug-likeness (QED) is 0.109. The minimum atomic E-state index is -5.13. The highest BCUT2D eigenvalue weighted by Gasteiger charge is 2.50. The summed E-state index contributed by atoms with van der Waals surface area (Å²) >= 11 is 0. The van der Waals surface area contributed by atoms with Crippen molar-refractivity contribution in [1.82, 2.24) is 0 Å². The van der Waals surface area contributed by atoms with E-state index >= 15 is 0 Å². The van der Waals surface area contributed by atoms with E-state index in [9.17, 15) is 38.7 Å². The van der Waals surface area contributed by atoms with Crippen LogP contribution >= 0.6 is 0 Å². The summed E-state index contributed by atoms with van der Waals surface area (Å²) in [6, 6.07) is 0. The lowest BCUT2D eigenvalue weighted by atomic mass is 9.90. The Kier molecular flexibility index (Phi) is 9.28. The van der Waals surface area contributed by atoms with E-state index in [0.717, 1.165) is 7.11 Å². The van der Waals surface area contributed by atoms with Crippen molar-refractivity contribution < 1.29 is 71.7 Å². The molecule has 0 aliphatic carbocycles. The van der Waals surface area contributed by atoms with E-state index < -0.39 is 84.8 Å². The van der Waals surface area contributed by atoms with E-state index in [1.807, 2.05) is 0 Å². The second-order valence-corrected chi connectivity index (χ2v) is 7.81. The van der Waals surface area contributed by atoms with Gasteiger partial charge in [0.2, 0.25) is 10.4 Å². The molecule has 2 heterocycles. The maximum Gasteiger partial charge on any atom is 0.217 e. The maximum atomic E-state index is 10.8. The van der Waals surface area contributed by atoms with Gasteiger partial charge in [0.05, 0.1) is 13.2 Å². The maximum absolute atomic E-state index is 10.8. The molecule has 2 aliphatic heterocycles. The summed E-state index contributed by atoms with van der Waals surface area (Å²) in [6.45, 7) is -0.133. The number of methoxy groups -OCH3 is 1. The summed E-state index contributed by atoms with van der Waals surface area (Å²) in [6.07, 6.45) is -13.2. The zero-order valence-corrected chi connectivity index (χ0v) is 16.7. The van der Waals surface area contributed by atoms with Crippen LogP contribution < -0.4 is 5.26 Å². The molecular weight excluding hydrogens is 440 g/mol. The third-order valence-corrected chi connectivity index (χ3v) is 5.31. The average molecular weight is 464 g/mol. The van der Waals surface area contributed by atoms with Gasteiger partial charge in [0.25, 0.3) is 0 Å². The molecule has 2 fully saturated rings. The molecule has 0 aromatic rings. The molecule has 0 amide bonds. The zero-order chi connectivity index (χ0) is 22.6. The summed E-state index contributed by atoms with van der Waals surface area (Å²) < 4.78 is 57.5. The van der Waals surface area contributed by atoms with Gasteiger partial charge in [-0.3, -0.25) is 9.22 Å². The summed E-state index contributed by atoms with van der Waals surface area (Å²) in [5.74, 6) is -0.870. The van der Waals surface area contributed by atoms with Gasteiger partial charge in [-0.1, -0.05) is 6.92 Å². The number of hydrogen-bond acceptors (Lipinski definition) is 15. The molecule has 0 spiro atoms. The molecule has 15 nitrogen and oxygen atoms in total. The first-order valence-corrected chi connectivity index (χ1v) is 10.1. The molecule has 178 valence electrons. The van der Waals surface area contributed by atoms with Crippen LogP contribution in [0.1, 0.15) is 6.92 Å². The van der Waals surface area contributed by atoms with Crippen molar-refractivity contribution >= 4 is 10.4 Å². The number of rotatable bonds is 9. The summed E-state index contributed by atoms with van der Waals surface area (Å²) in [4.78, 5) is 4.46. The minimum Gasteiger partial charge on any atom is -0.726 e. The first kappa shape index (κ1) is 25.7. The lowest BCUT2D eigenvalue weighted by Crippen LogP contribution is -2.63. The predicted octanol–water partition coefficient (Wildman–Crippen LogP) is -4.75. The Balaban J connectivity index is 2.20. The van der Waals surface area contributed by atoms with Gasteiger partial charge in [-0.2, -0.15) is 0 Å². The van der Waals surface area contributed by atoms with Crippen LogP contribution in [0.15, 0.2) is 0 Å². The van der Waals surface area contributed by atoms with E-state index in [4.69, 9.17) is 18.9 Å². The fourth-order valence-electron chi connectivity index (χ4n) is 3.27. The number of aliphatic hydroxyl groups is 4. The number of ether oxygens (including phenoxy) is 4. The first-order valence-electron chi connectivity index (χ1n) is 8.73. The topological polar surface area (TPSA) is 226 Å². The van der Waals surface area contributed by atoms with Crippen LogP contribution in [0.2, 0.25) is 0 Å². The van der Waals surface area contributed by atoms with Crippen molar-refractivity contribution in [3.05, 3.63) is 0 Å². The molecule has 16 heteroatoms. The average Bonchev–Trinajstić information content (AvgIpc) is 2.69. The van der Waals surface area contributed by atoms with E-state index in [0.29, 0.717) is 0 Å². The normalized spacial score (nSPS) is 42.9. The Morgan fingerprint density at radius 1 is 1.00 bits per heavy atom. The van der Waals surface area contributed by atoms with Gasteiger partial charge in [-0.25, -0.2) is 13.3 Å². The lowest BCUT2D eigenvalue weighted by Gasteiger charge is -2.46. The van der Waals surface area contributed by atoms with Crippen LogP contribution in [0.25, 0.3) is 0 Å². The smallest absolute Gasteiger partial charge is 0.217 e. The highest BCUT2D eigenvalue weighted by atomic mass is 32.3. The van der Waals surface area contributed by atoms with Crippen molar-refractivity contribution in [3.8, 4) is 0 Å². The highest BCUT2D eigenvalue weighted by molar-refractivity contribution is 7.80. The van der Waals surface area contributed by atoms with Gasteiger partial charge in [0.1, 0.15) is 42.7 Å². The van der Waals surface area contributed by atoms with E-state index in [1.54, 1.807) is 0 Å². The van der Waals surface area contributed by atoms with Crippen LogP contribution in [0.3, 0.4) is 0 Å². The molecule has 2 aliphatic rings. The SMILES string of the molecule is CO[C@H]1OC(COS(=O)(=O)[O-])[C@H](O[C@@H]2OC(CO)[C@H](OO[O-])[C@H](C)C2O)[C@H](O)C1O. The monoisotopic (exact) mass is 464 g/mol.